The third kappa shape index (κ3) is 5.30. The maximum atomic E-state index is 13.0. The van der Waals surface area contributed by atoms with E-state index in [0.717, 1.165) is 56.1 Å². The summed E-state index contributed by atoms with van der Waals surface area (Å²) >= 11 is 6.34. The maximum Gasteiger partial charge on any atom is 0.253 e. The zero-order valence-electron chi connectivity index (χ0n) is 20.3. The largest absolute Gasteiger partial charge is 0.365 e. The third-order valence-electron chi connectivity index (χ3n) is 7.65. The third-order valence-corrected chi connectivity index (χ3v) is 7.89. The van der Waals surface area contributed by atoms with E-state index in [0.29, 0.717) is 6.54 Å². The summed E-state index contributed by atoms with van der Waals surface area (Å²) in [6.45, 7) is 4.42. The van der Waals surface area contributed by atoms with Gasteiger partial charge in [0.2, 0.25) is 0 Å². The molecule has 3 aromatic rings. The van der Waals surface area contributed by atoms with Crippen LogP contribution in [0, 0.1) is 0 Å². The van der Waals surface area contributed by atoms with E-state index in [1.807, 2.05) is 60.5 Å². The van der Waals surface area contributed by atoms with Gasteiger partial charge in [0.05, 0.1) is 12.2 Å². The van der Waals surface area contributed by atoms with Crippen LogP contribution in [-0.4, -0.2) is 48.9 Å². The number of likely N-dealkylation sites (tertiary alicyclic amines) is 1. The van der Waals surface area contributed by atoms with Crippen LogP contribution in [0.25, 0.3) is 0 Å². The Morgan fingerprint density at radius 3 is 2.54 bits per heavy atom. The number of hydrogen-bond donors (Lipinski definition) is 0. The molecular weight excluding hydrogens is 456 g/mol. The molecule has 0 N–H and O–H groups in total. The molecule has 1 spiro atoms. The van der Waals surface area contributed by atoms with Gasteiger partial charge in [-0.25, -0.2) is 0 Å². The minimum absolute atomic E-state index is 0.0505. The van der Waals surface area contributed by atoms with Crippen molar-refractivity contribution >= 4 is 17.5 Å². The smallest absolute Gasteiger partial charge is 0.253 e. The highest BCUT2D eigenvalue weighted by atomic mass is 35.5. The predicted molar refractivity (Wildman–Crippen MR) is 141 cm³/mol. The van der Waals surface area contributed by atoms with E-state index in [4.69, 9.17) is 16.3 Å². The predicted octanol–water partition coefficient (Wildman–Crippen LogP) is 6.11. The minimum atomic E-state index is -0.109. The first kappa shape index (κ1) is 24.1. The highest BCUT2D eigenvalue weighted by molar-refractivity contribution is 6.30. The first-order chi connectivity index (χ1) is 17.0. The van der Waals surface area contributed by atoms with Gasteiger partial charge in [-0.15, -0.1) is 0 Å². The van der Waals surface area contributed by atoms with Gasteiger partial charge in [0.1, 0.15) is 0 Å². The van der Waals surface area contributed by atoms with Crippen molar-refractivity contribution in [3.8, 4) is 0 Å². The lowest BCUT2D eigenvalue weighted by molar-refractivity contribution is -0.0790. The Morgan fingerprint density at radius 2 is 1.77 bits per heavy atom. The average molecular weight is 489 g/mol. The summed E-state index contributed by atoms with van der Waals surface area (Å²) < 4.78 is 6.34. The summed E-state index contributed by atoms with van der Waals surface area (Å²) in [6, 6.07) is 26.3. The van der Waals surface area contributed by atoms with E-state index in [-0.39, 0.29) is 17.4 Å². The molecule has 2 aliphatic rings. The molecule has 5 rings (SSSR count). The molecular formula is C30H33ClN2O2. The number of benzene rings is 3. The number of amides is 1. The summed E-state index contributed by atoms with van der Waals surface area (Å²) in [7, 11) is 1.90. The van der Waals surface area contributed by atoms with Crippen LogP contribution in [0.15, 0.2) is 78.9 Å². The highest BCUT2D eigenvalue weighted by Gasteiger charge is 2.42. The molecule has 4 nitrogen and oxygen atoms in total. The number of rotatable bonds is 7. The molecule has 1 atom stereocenters. The molecule has 0 aliphatic carbocycles. The molecule has 3 aromatic carbocycles. The molecule has 35 heavy (non-hydrogen) atoms. The number of halogens is 1. The van der Waals surface area contributed by atoms with Crippen molar-refractivity contribution in [2.75, 3.05) is 33.2 Å². The zero-order valence-corrected chi connectivity index (χ0v) is 21.1. The second kappa shape index (κ2) is 10.5. The van der Waals surface area contributed by atoms with Crippen molar-refractivity contribution < 1.29 is 9.53 Å². The van der Waals surface area contributed by atoms with Crippen molar-refractivity contribution in [2.45, 2.75) is 37.4 Å². The Kier molecular flexibility index (Phi) is 7.24. The average Bonchev–Trinajstić information content (AvgIpc) is 3.25. The van der Waals surface area contributed by atoms with Crippen LogP contribution in [0.4, 0.5) is 0 Å². The molecule has 0 aromatic heterocycles. The molecule has 0 bridgehead atoms. The van der Waals surface area contributed by atoms with Crippen molar-refractivity contribution in [3.05, 3.63) is 106 Å². The molecule has 0 saturated carbocycles. The van der Waals surface area contributed by atoms with E-state index in [9.17, 15) is 4.79 Å². The monoisotopic (exact) mass is 488 g/mol. The van der Waals surface area contributed by atoms with Crippen LogP contribution in [0.5, 0.6) is 0 Å². The van der Waals surface area contributed by atoms with Crippen LogP contribution >= 0.6 is 11.6 Å². The number of hydrogen-bond acceptors (Lipinski definition) is 3. The van der Waals surface area contributed by atoms with E-state index in [2.05, 4.69) is 35.2 Å². The molecule has 1 unspecified atom stereocenters. The van der Waals surface area contributed by atoms with E-state index < -0.39 is 0 Å². The lowest BCUT2D eigenvalue weighted by Gasteiger charge is -2.39. The van der Waals surface area contributed by atoms with E-state index in [1.165, 1.54) is 16.7 Å². The molecule has 1 saturated heterocycles. The number of nitrogens with zero attached hydrogens (tertiary/aromatic N) is 2. The van der Waals surface area contributed by atoms with Crippen LogP contribution < -0.4 is 0 Å². The topological polar surface area (TPSA) is 32.8 Å². The van der Waals surface area contributed by atoms with Gasteiger partial charge in [0.15, 0.2) is 0 Å². The van der Waals surface area contributed by atoms with Gasteiger partial charge in [-0.05, 0) is 66.8 Å². The summed E-state index contributed by atoms with van der Waals surface area (Å²) in [4.78, 5) is 17.4. The summed E-state index contributed by atoms with van der Waals surface area (Å²) in [6.07, 6.45) is 3.02. The Morgan fingerprint density at radius 1 is 1.03 bits per heavy atom. The van der Waals surface area contributed by atoms with Crippen LogP contribution in [0.3, 0.4) is 0 Å². The van der Waals surface area contributed by atoms with Gasteiger partial charge in [0, 0.05) is 43.2 Å². The Labute approximate surface area is 213 Å². The van der Waals surface area contributed by atoms with E-state index >= 15 is 0 Å². The van der Waals surface area contributed by atoms with Crippen molar-refractivity contribution in [1.82, 2.24) is 9.80 Å². The summed E-state index contributed by atoms with van der Waals surface area (Å²) in [5, 5.41) is 0.738. The molecule has 2 heterocycles. The molecule has 5 heteroatoms. The second-order valence-electron chi connectivity index (χ2n) is 9.87. The number of fused-ring (bicyclic) bond motifs is 2. The molecule has 1 amide bonds. The first-order valence-corrected chi connectivity index (χ1v) is 12.9. The zero-order chi connectivity index (χ0) is 24.3. The minimum Gasteiger partial charge on any atom is -0.365 e. The van der Waals surface area contributed by atoms with Crippen molar-refractivity contribution in [2.24, 2.45) is 0 Å². The van der Waals surface area contributed by atoms with Crippen molar-refractivity contribution in [1.29, 1.82) is 0 Å². The highest BCUT2D eigenvalue weighted by Crippen LogP contribution is 2.44. The van der Waals surface area contributed by atoms with E-state index in [1.54, 1.807) is 0 Å². The SMILES string of the molecule is CN(CC(CCN1CCC2(CC1)OCc1ccccc12)c1cccc(Cl)c1)C(=O)c1ccccc1. The first-order valence-electron chi connectivity index (χ1n) is 12.5. The summed E-state index contributed by atoms with van der Waals surface area (Å²) in [5.74, 6) is 0.264. The number of ether oxygens (including phenoxy) is 1. The number of piperidine rings is 1. The van der Waals surface area contributed by atoms with Gasteiger partial charge < -0.3 is 14.5 Å². The lowest BCUT2D eigenvalue weighted by Crippen LogP contribution is -2.43. The molecule has 182 valence electrons. The Balaban J connectivity index is 1.23. The normalized spacial score (nSPS) is 17.8. The molecule has 0 radical (unpaired) electrons. The fourth-order valence-electron chi connectivity index (χ4n) is 5.61. The van der Waals surface area contributed by atoms with Gasteiger partial charge in [0.25, 0.3) is 5.91 Å². The van der Waals surface area contributed by atoms with Crippen molar-refractivity contribution in [3.63, 3.8) is 0 Å². The standard InChI is InChI=1S/C30H33ClN2O2/c1-32(29(34)23-8-3-2-4-9-23)21-25(24-11-7-12-27(31)20-24)14-17-33-18-15-30(16-19-33)28-13-6-5-10-26(28)22-35-30/h2-13,20,25H,14-19,21-22H2,1H3. The number of carbonyl (C=O) groups is 1. The Bertz CT molecular complexity index is 1160. The van der Waals surface area contributed by atoms with Gasteiger partial charge in [-0.1, -0.05) is 66.2 Å². The van der Waals surface area contributed by atoms with Gasteiger partial charge >= 0.3 is 0 Å². The molecule has 2 aliphatic heterocycles. The second-order valence-corrected chi connectivity index (χ2v) is 10.3. The van der Waals surface area contributed by atoms with Gasteiger partial charge in [-0.2, -0.15) is 0 Å². The Hall–Kier alpha value is -2.66. The maximum absolute atomic E-state index is 13.0. The van der Waals surface area contributed by atoms with Gasteiger partial charge in [-0.3, -0.25) is 4.79 Å². The molecule has 1 fully saturated rings. The summed E-state index contributed by atoms with van der Waals surface area (Å²) in [5.41, 5.74) is 4.53. The number of likely N-dealkylation sites (N-methyl/N-ethyl adjacent to an activating group) is 1. The van der Waals surface area contributed by atoms with Crippen LogP contribution in [0.2, 0.25) is 5.02 Å². The van der Waals surface area contributed by atoms with Crippen LogP contribution in [-0.2, 0) is 16.9 Å². The quantitative estimate of drug-likeness (QED) is 0.402. The fourth-order valence-corrected chi connectivity index (χ4v) is 5.81. The lowest BCUT2D eigenvalue weighted by atomic mass is 9.83. The number of carbonyl (C=O) groups excluding carboxylic acids is 1. The fraction of sp³-hybridized carbons (Fsp3) is 0.367. The van der Waals surface area contributed by atoms with Crippen LogP contribution in [0.1, 0.15) is 52.2 Å².